The van der Waals surface area contributed by atoms with Gasteiger partial charge in [-0.05, 0) is 67.8 Å². The number of halogens is 1. The zero-order valence-corrected chi connectivity index (χ0v) is 15.2. The molecule has 3 rings (SSSR count). The van der Waals surface area contributed by atoms with Gasteiger partial charge in [-0.25, -0.2) is 8.42 Å². The van der Waals surface area contributed by atoms with Gasteiger partial charge in [-0.15, -0.1) is 0 Å². The van der Waals surface area contributed by atoms with Crippen LogP contribution in [0.25, 0.3) is 0 Å². The van der Waals surface area contributed by atoms with Crippen molar-refractivity contribution in [3.05, 3.63) is 59.1 Å². The molecule has 1 N–H and O–H groups in total. The quantitative estimate of drug-likeness (QED) is 0.880. The molecule has 25 heavy (non-hydrogen) atoms. The summed E-state index contributed by atoms with van der Waals surface area (Å²) in [6, 6.07) is 12.4. The lowest BCUT2D eigenvalue weighted by Crippen LogP contribution is -2.35. The van der Waals surface area contributed by atoms with Crippen LogP contribution in [0.4, 0.5) is 5.69 Å². The fourth-order valence-electron chi connectivity index (χ4n) is 2.79. The second-order valence-corrected chi connectivity index (χ2v) is 8.11. The van der Waals surface area contributed by atoms with Gasteiger partial charge in [-0.1, -0.05) is 11.6 Å². The molecule has 0 aromatic heterocycles. The number of anilines is 1. The van der Waals surface area contributed by atoms with Gasteiger partial charge in [0, 0.05) is 29.4 Å². The zero-order valence-electron chi connectivity index (χ0n) is 13.6. The molecule has 7 heteroatoms. The topological polar surface area (TPSA) is 66.5 Å². The van der Waals surface area contributed by atoms with Crippen LogP contribution in [0.15, 0.2) is 53.4 Å². The molecule has 0 bridgehead atoms. The van der Waals surface area contributed by atoms with Crippen molar-refractivity contribution in [2.45, 2.75) is 24.2 Å². The summed E-state index contributed by atoms with van der Waals surface area (Å²) in [6.45, 7) is 1.56. The number of rotatable bonds is 4. The summed E-state index contributed by atoms with van der Waals surface area (Å²) in [7, 11) is -3.69. The Kier molecular flexibility index (Phi) is 5.30. The summed E-state index contributed by atoms with van der Waals surface area (Å²) >= 11 is 5.78. The van der Waals surface area contributed by atoms with Gasteiger partial charge in [-0.3, -0.25) is 9.52 Å². The van der Waals surface area contributed by atoms with Crippen LogP contribution in [-0.4, -0.2) is 32.3 Å². The minimum atomic E-state index is -3.69. The number of likely N-dealkylation sites (tertiary alicyclic amines) is 1. The van der Waals surface area contributed by atoms with E-state index in [9.17, 15) is 13.2 Å². The fourth-order valence-corrected chi connectivity index (χ4v) is 3.97. The van der Waals surface area contributed by atoms with E-state index in [1.165, 1.54) is 24.3 Å². The first-order chi connectivity index (χ1) is 12.0. The SMILES string of the molecule is O=C(c1ccc(NS(=O)(=O)c2ccc(Cl)cc2)cc1)N1CCCCC1. The Bertz CT molecular complexity index is 843. The third-order valence-corrected chi connectivity index (χ3v) is 5.80. The van der Waals surface area contributed by atoms with Gasteiger partial charge >= 0.3 is 0 Å². The molecule has 0 saturated carbocycles. The van der Waals surface area contributed by atoms with Gasteiger partial charge in [-0.2, -0.15) is 0 Å². The first kappa shape index (κ1) is 17.8. The highest BCUT2D eigenvalue weighted by molar-refractivity contribution is 7.92. The molecule has 1 aliphatic rings. The molecule has 1 aliphatic heterocycles. The molecular formula is C18H19ClN2O3S. The van der Waals surface area contributed by atoms with E-state index in [-0.39, 0.29) is 10.8 Å². The Morgan fingerprint density at radius 1 is 0.920 bits per heavy atom. The highest BCUT2D eigenvalue weighted by atomic mass is 35.5. The largest absolute Gasteiger partial charge is 0.339 e. The molecule has 0 radical (unpaired) electrons. The Balaban J connectivity index is 1.71. The fraction of sp³-hybridized carbons (Fsp3) is 0.278. The van der Waals surface area contributed by atoms with Crippen LogP contribution in [0, 0.1) is 0 Å². The smallest absolute Gasteiger partial charge is 0.261 e. The Morgan fingerprint density at radius 3 is 2.12 bits per heavy atom. The number of benzene rings is 2. The number of hydrogen-bond acceptors (Lipinski definition) is 3. The van der Waals surface area contributed by atoms with Crippen molar-refractivity contribution in [1.82, 2.24) is 4.90 Å². The predicted molar refractivity (Wildman–Crippen MR) is 98.5 cm³/mol. The molecule has 5 nitrogen and oxygen atoms in total. The number of carbonyl (C=O) groups excluding carboxylic acids is 1. The Morgan fingerprint density at radius 2 is 1.52 bits per heavy atom. The average molecular weight is 379 g/mol. The molecule has 132 valence electrons. The van der Waals surface area contributed by atoms with Gasteiger partial charge in [0.2, 0.25) is 0 Å². The number of nitrogens with zero attached hydrogens (tertiary/aromatic N) is 1. The van der Waals surface area contributed by atoms with Crippen molar-refractivity contribution in [2.75, 3.05) is 17.8 Å². The van der Waals surface area contributed by atoms with Crippen molar-refractivity contribution in [3.8, 4) is 0 Å². The van der Waals surface area contributed by atoms with Gasteiger partial charge in [0.1, 0.15) is 0 Å². The van der Waals surface area contributed by atoms with E-state index in [2.05, 4.69) is 4.72 Å². The van der Waals surface area contributed by atoms with E-state index in [4.69, 9.17) is 11.6 Å². The molecule has 2 aromatic carbocycles. The lowest BCUT2D eigenvalue weighted by molar-refractivity contribution is 0.0724. The summed E-state index contributed by atoms with van der Waals surface area (Å²) in [4.78, 5) is 14.4. The van der Waals surface area contributed by atoms with Crippen molar-refractivity contribution in [2.24, 2.45) is 0 Å². The maximum atomic E-state index is 12.4. The van der Waals surface area contributed by atoms with Gasteiger partial charge < -0.3 is 4.90 Å². The standard InChI is InChI=1S/C18H19ClN2O3S/c19-15-6-10-17(11-7-15)25(23,24)20-16-8-4-14(5-9-16)18(22)21-12-2-1-3-13-21/h4-11,20H,1-3,12-13H2. The van der Waals surface area contributed by atoms with Gasteiger partial charge in [0.05, 0.1) is 4.90 Å². The monoisotopic (exact) mass is 378 g/mol. The zero-order chi connectivity index (χ0) is 17.9. The highest BCUT2D eigenvalue weighted by Crippen LogP contribution is 2.20. The van der Waals surface area contributed by atoms with Crippen LogP contribution >= 0.6 is 11.6 Å². The Hall–Kier alpha value is -2.05. The normalized spacial score (nSPS) is 15.0. The van der Waals surface area contributed by atoms with Crippen molar-refractivity contribution >= 4 is 33.2 Å². The minimum Gasteiger partial charge on any atom is -0.339 e. The number of sulfonamides is 1. The van der Waals surface area contributed by atoms with Gasteiger partial charge in [0.25, 0.3) is 15.9 Å². The van der Waals surface area contributed by atoms with Crippen molar-refractivity contribution in [1.29, 1.82) is 0 Å². The van der Waals surface area contributed by atoms with Crippen molar-refractivity contribution in [3.63, 3.8) is 0 Å². The molecule has 1 amide bonds. The molecule has 1 fully saturated rings. The third-order valence-electron chi connectivity index (χ3n) is 4.15. The lowest BCUT2D eigenvalue weighted by atomic mass is 10.1. The first-order valence-corrected chi connectivity index (χ1v) is 9.99. The maximum absolute atomic E-state index is 12.4. The molecule has 0 spiro atoms. The van der Waals surface area contributed by atoms with E-state index in [0.29, 0.717) is 16.3 Å². The summed E-state index contributed by atoms with van der Waals surface area (Å²) in [5.41, 5.74) is 0.974. The second kappa shape index (κ2) is 7.45. The van der Waals surface area contributed by atoms with Gasteiger partial charge in [0.15, 0.2) is 0 Å². The predicted octanol–water partition coefficient (Wildman–Crippen LogP) is 3.77. The van der Waals surface area contributed by atoms with E-state index in [1.54, 1.807) is 24.3 Å². The molecule has 0 atom stereocenters. The number of hydrogen-bond donors (Lipinski definition) is 1. The number of amides is 1. The number of nitrogens with one attached hydrogen (secondary N) is 1. The van der Waals surface area contributed by atoms with E-state index >= 15 is 0 Å². The van der Waals surface area contributed by atoms with Crippen LogP contribution in [0.5, 0.6) is 0 Å². The van der Waals surface area contributed by atoms with E-state index in [0.717, 1.165) is 32.4 Å². The average Bonchev–Trinajstić information content (AvgIpc) is 2.62. The highest BCUT2D eigenvalue weighted by Gasteiger charge is 2.19. The summed E-state index contributed by atoms with van der Waals surface area (Å²) in [6.07, 6.45) is 3.23. The van der Waals surface area contributed by atoms with Crippen LogP contribution in [0.3, 0.4) is 0 Å². The molecule has 1 heterocycles. The van der Waals surface area contributed by atoms with Crippen molar-refractivity contribution < 1.29 is 13.2 Å². The minimum absolute atomic E-state index is 0.00758. The summed E-state index contributed by atoms with van der Waals surface area (Å²) < 4.78 is 27.2. The molecule has 0 unspecified atom stereocenters. The second-order valence-electron chi connectivity index (χ2n) is 5.99. The van der Waals surface area contributed by atoms with Crippen LogP contribution in [0.1, 0.15) is 29.6 Å². The maximum Gasteiger partial charge on any atom is 0.261 e. The third kappa shape index (κ3) is 4.32. The lowest BCUT2D eigenvalue weighted by Gasteiger charge is -2.26. The molecule has 1 saturated heterocycles. The molecule has 2 aromatic rings. The summed E-state index contributed by atoms with van der Waals surface area (Å²) in [5.74, 6) is -0.00758. The molecular weight excluding hydrogens is 360 g/mol. The van der Waals surface area contributed by atoms with E-state index in [1.807, 2.05) is 4.90 Å². The van der Waals surface area contributed by atoms with Crippen LogP contribution < -0.4 is 4.72 Å². The van der Waals surface area contributed by atoms with Crippen LogP contribution in [-0.2, 0) is 10.0 Å². The number of carbonyl (C=O) groups is 1. The Labute approximate surface area is 152 Å². The van der Waals surface area contributed by atoms with Crippen LogP contribution in [0.2, 0.25) is 5.02 Å². The molecule has 0 aliphatic carbocycles. The number of piperidine rings is 1. The first-order valence-electron chi connectivity index (χ1n) is 8.13. The van der Waals surface area contributed by atoms with E-state index < -0.39 is 10.0 Å². The summed E-state index contributed by atoms with van der Waals surface area (Å²) in [5, 5.41) is 0.472.